The number of thioether (sulfide) groups is 1. The van der Waals surface area contributed by atoms with Crippen LogP contribution in [-0.2, 0) is 10.5 Å². The van der Waals surface area contributed by atoms with Crippen molar-refractivity contribution in [1.82, 2.24) is 0 Å². The lowest BCUT2D eigenvalue weighted by atomic mass is 9.82. The lowest BCUT2D eigenvalue weighted by Gasteiger charge is -2.35. The summed E-state index contributed by atoms with van der Waals surface area (Å²) in [5.74, 6) is 0.618. The van der Waals surface area contributed by atoms with Gasteiger partial charge < -0.3 is 11.5 Å². The smallest absolute Gasteiger partial charge is 0.237 e. The van der Waals surface area contributed by atoms with E-state index in [2.05, 4.69) is 12.1 Å². The van der Waals surface area contributed by atoms with Crippen LogP contribution < -0.4 is 11.5 Å². The first-order valence-corrected chi connectivity index (χ1v) is 7.39. The van der Waals surface area contributed by atoms with Crippen molar-refractivity contribution in [2.45, 2.75) is 42.2 Å². The Kier molecular flexibility index (Phi) is 4.30. The van der Waals surface area contributed by atoms with E-state index in [1.807, 2.05) is 30.0 Å². The quantitative estimate of drug-likeness (QED) is 0.874. The van der Waals surface area contributed by atoms with E-state index >= 15 is 0 Å². The zero-order chi connectivity index (χ0) is 13.0. The molecule has 3 nitrogen and oxygen atoms in total. The second kappa shape index (κ2) is 5.76. The maximum atomic E-state index is 11.4. The third-order valence-electron chi connectivity index (χ3n) is 3.56. The molecule has 0 bridgehead atoms. The summed E-state index contributed by atoms with van der Waals surface area (Å²) in [4.78, 5) is 11.4. The van der Waals surface area contributed by atoms with Crippen LogP contribution >= 0.6 is 11.8 Å². The molecule has 18 heavy (non-hydrogen) atoms. The van der Waals surface area contributed by atoms with Crippen LogP contribution in [0.15, 0.2) is 30.3 Å². The third-order valence-corrected chi connectivity index (χ3v) is 4.93. The fourth-order valence-electron chi connectivity index (χ4n) is 2.41. The lowest BCUT2D eigenvalue weighted by Crippen LogP contribution is -2.55. The molecule has 2 rings (SSSR count). The molecule has 1 aliphatic carbocycles. The van der Waals surface area contributed by atoms with E-state index < -0.39 is 5.54 Å². The van der Waals surface area contributed by atoms with Crippen LogP contribution in [0.2, 0.25) is 0 Å². The first kappa shape index (κ1) is 13.4. The van der Waals surface area contributed by atoms with Gasteiger partial charge in [-0.15, -0.1) is 0 Å². The number of hydrogen-bond donors (Lipinski definition) is 2. The van der Waals surface area contributed by atoms with Gasteiger partial charge in [0.15, 0.2) is 0 Å². The molecule has 0 saturated heterocycles. The Balaban J connectivity index is 1.89. The second-order valence-corrected chi connectivity index (χ2v) is 6.32. The maximum absolute atomic E-state index is 11.4. The van der Waals surface area contributed by atoms with Gasteiger partial charge >= 0.3 is 0 Å². The molecule has 2 atom stereocenters. The summed E-state index contributed by atoms with van der Waals surface area (Å²) in [6.45, 7) is 0. The van der Waals surface area contributed by atoms with Crippen molar-refractivity contribution in [2.24, 2.45) is 11.5 Å². The van der Waals surface area contributed by atoms with Crippen molar-refractivity contribution in [2.75, 3.05) is 0 Å². The number of rotatable bonds is 4. The van der Waals surface area contributed by atoms with Gasteiger partial charge in [0.25, 0.3) is 0 Å². The highest BCUT2D eigenvalue weighted by molar-refractivity contribution is 7.99. The van der Waals surface area contributed by atoms with E-state index in [0.717, 1.165) is 25.0 Å². The van der Waals surface area contributed by atoms with Gasteiger partial charge in [-0.3, -0.25) is 4.79 Å². The summed E-state index contributed by atoms with van der Waals surface area (Å²) in [6, 6.07) is 10.4. The first-order chi connectivity index (χ1) is 8.60. The normalized spacial score (nSPS) is 27.9. The average Bonchev–Trinajstić information content (AvgIpc) is 2.38. The minimum Gasteiger partial charge on any atom is -0.368 e. The van der Waals surface area contributed by atoms with Crippen molar-refractivity contribution < 1.29 is 4.79 Å². The molecule has 1 amide bonds. The molecule has 1 saturated carbocycles. The predicted octanol–water partition coefficient (Wildman–Crippen LogP) is 2.05. The van der Waals surface area contributed by atoms with Gasteiger partial charge in [0.1, 0.15) is 0 Å². The fraction of sp³-hybridized carbons (Fsp3) is 0.500. The van der Waals surface area contributed by atoms with Crippen LogP contribution in [0.1, 0.15) is 31.2 Å². The third kappa shape index (κ3) is 3.27. The lowest BCUT2D eigenvalue weighted by molar-refractivity contribution is -0.124. The molecule has 98 valence electrons. The molecule has 0 heterocycles. The van der Waals surface area contributed by atoms with E-state index in [-0.39, 0.29) is 5.91 Å². The molecular formula is C14H20N2OS. The van der Waals surface area contributed by atoms with Crippen molar-refractivity contribution in [3.63, 3.8) is 0 Å². The minimum absolute atomic E-state index is 0.354. The van der Waals surface area contributed by atoms with Gasteiger partial charge in [-0.25, -0.2) is 0 Å². The van der Waals surface area contributed by atoms with Gasteiger partial charge in [-0.2, -0.15) is 11.8 Å². The van der Waals surface area contributed by atoms with Crippen molar-refractivity contribution in [3.8, 4) is 0 Å². The number of primary amides is 1. The van der Waals surface area contributed by atoms with E-state index in [1.54, 1.807) is 0 Å². The summed E-state index contributed by atoms with van der Waals surface area (Å²) in [5, 5.41) is 0.441. The predicted molar refractivity (Wildman–Crippen MR) is 76.1 cm³/mol. The first-order valence-electron chi connectivity index (χ1n) is 6.34. The molecule has 0 aliphatic heterocycles. The topological polar surface area (TPSA) is 69.1 Å². The van der Waals surface area contributed by atoms with Crippen LogP contribution in [0.3, 0.4) is 0 Å². The average molecular weight is 264 g/mol. The Morgan fingerprint density at radius 2 is 2.11 bits per heavy atom. The summed E-state index contributed by atoms with van der Waals surface area (Å²) < 4.78 is 0. The van der Waals surface area contributed by atoms with Crippen LogP contribution in [0, 0.1) is 0 Å². The molecule has 0 spiro atoms. The molecule has 1 aromatic rings. The zero-order valence-corrected chi connectivity index (χ0v) is 11.3. The summed E-state index contributed by atoms with van der Waals surface area (Å²) >= 11 is 1.88. The minimum atomic E-state index is -0.785. The SMILES string of the molecule is NC(=O)C1(N)CCCC(SCc2ccccc2)C1. The van der Waals surface area contributed by atoms with Crippen LogP contribution in [-0.4, -0.2) is 16.7 Å². The van der Waals surface area contributed by atoms with E-state index in [4.69, 9.17) is 11.5 Å². The Morgan fingerprint density at radius 1 is 1.39 bits per heavy atom. The van der Waals surface area contributed by atoms with Gasteiger partial charge in [-0.05, 0) is 31.2 Å². The molecule has 1 aliphatic rings. The largest absolute Gasteiger partial charge is 0.368 e. The van der Waals surface area contributed by atoms with Crippen molar-refractivity contribution >= 4 is 17.7 Å². The Labute approximate surface area is 112 Å². The summed E-state index contributed by atoms with van der Waals surface area (Å²) in [7, 11) is 0. The monoisotopic (exact) mass is 264 g/mol. The van der Waals surface area contributed by atoms with Crippen molar-refractivity contribution in [1.29, 1.82) is 0 Å². The van der Waals surface area contributed by atoms with Crippen LogP contribution in [0.25, 0.3) is 0 Å². The molecule has 2 unspecified atom stereocenters. The highest BCUT2D eigenvalue weighted by atomic mass is 32.2. The van der Waals surface area contributed by atoms with Gasteiger partial charge in [-0.1, -0.05) is 30.3 Å². The van der Waals surface area contributed by atoms with E-state index in [1.165, 1.54) is 5.56 Å². The number of hydrogen-bond acceptors (Lipinski definition) is 3. The fourth-order valence-corrected chi connectivity index (χ4v) is 3.78. The molecule has 0 radical (unpaired) electrons. The standard InChI is InChI=1S/C14H20N2OS/c15-13(17)14(16)8-4-7-12(9-14)18-10-11-5-2-1-3-6-11/h1-3,5-6,12H,4,7-10,16H2,(H2,15,17). The highest BCUT2D eigenvalue weighted by Gasteiger charge is 2.37. The number of amides is 1. The number of benzene rings is 1. The summed E-state index contributed by atoms with van der Waals surface area (Å²) in [5.41, 5.74) is 12.0. The Morgan fingerprint density at radius 3 is 2.78 bits per heavy atom. The molecule has 1 aromatic carbocycles. The van der Waals surface area contributed by atoms with Crippen molar-refractivity contribution in [3.05, 3.63) is 35.9 Å². The number of carbonyl (C=O) groups is 1. The zero-order valence-electron chi connectivity index (χ0n) is 10.5. The molecule has 4 N–H and O–H groups in total. The maximum Gasteiger partial charge on any atom is 0.237 e. The van der Waals surface area contributed by atoms with Gasteiger partial charge in [0.05, 0.1) is 5.54 Å². The summed E-state index contributed by atoms with van der Waals surface area (Å²) in [6.07, 6.45) is 3.56. The highest BCUT2D eigenvalue weighted by Crippen LogP contribution is 2.34. The second-order valence-electron chi connectivity index (χ2n) is 5.04. The van der Waals surface area contributed by atoms with Gasteiger partial charge in [0, 0.05) is 11.0 Å². The molecule has 4 heteroatoms. The van der Waals surface area contributed by atoms with E-state index in [0.29, 0.717) is 11.7 Å². The van der Waals surface area contributed by atoms with Crippen LogP contribution in [0.4, 0.5) is 0 Å². The molecule has 0 aromatic heterocycles. The Bertz CT molecular complexity index is 410. The number of carbonyl (C=O) groups excluding carboxylic acids is 1. The molecular weight excluding hydrogens is 244 g/mol. The van der Waals surface area contributed by atoms with Crippen LogP contribution in [0.5, 0.6) is 0 Å². The Hall–Kier alpha value is -1.00. The van der Waals surface area contributed by atoms with Gasteiger partial charge in [0.2, 0.25) is 5.91 Å². The molecule has 1 fully saturated rings. The van der Waals surface area contributed by atoms with E-state index in [9.17, 15) is 4.79 Å². The number of nitrogens with two attached hydrogens (primary N) is 2.